The van der Waals surface area contributed by atoms with Crippen LogP contribution in [-0.2, 0) is 33.3 Å². The van der Waals surface area contributed by atoms with E-state index in [1.807, 2.05) is 30.3 Å². The van der Waals surface area contributed by atoms with E-state index in [2.05, 4.69) is 51.8 Å². The Balaban J connectivity index is 0.000000243. The van der Waals surface area contributed by atoms with Gasteiger partial charge in [0.2, 0.25) is 23.7 Å². The fourth-order valence-electron chi connectivity index (χ4n) is 8.24. The fourth-order valence-corrected chi connectivity index (χ4v) is 8.24. The summed E-state index contributed by atoms with van der Waals surface area (Å²) in [4.78, 5) is 62.6. The minimum atomic E-state index is -4.70. The van der Waals surface area contributed by atoms with Crippen LogP contribution in [0.2, 0.25) is 0 Å². The number of nitrogens with zero attached hydrogens (tertiary/aromatic N) is 4. The largest absolute Gasteiger partial charge is 0.495 e. The average molecular weight is 1030 g/mol. The van der Waals surface area contributed by atoms with E-state index in [1.165, 1.54) is 64.5 Å². The second kappa shape index (κ2) is 24.5. The molecule has 5 aromatic rings. The van der Waals surface area contributed by atoms with Crippen LogP contribution >= 0.6 is 0 Å². The van der Waals surface area contributed by atoms with Crippen molar-refractivity contribution in [3.63, 3.8) is 0 Å². The molecule has 3 aromatic carbocycles. The highest BCUT2D eigenvalue weighted by Crippen LogP contribution is 2.38. The van der Waals surface area contributed by atoms with Crippen LogP contribution in [0.15, 0.2) is 79.1 Å². The summed E-state index contributed by atoms with van der Waals surface area (Å²) in [6.07, 6.45) is -2.25. The minimum Gasteiger partial charge on any atom is -0.495 e. The van der Waals surface area contributed by atoms with Crippen LogP contribution in [0.4, 0.5) is 61.2 Å². The molecule has 24 heteroatoms. The number of hydrogen-bond donors (Lipinski definition) is 7. The Bertz CT molecular complexity index is 2730. The Morgan fingerprint density at radius 1 is 0.616 bits per heavy atom. The molecule has 7 N–H and O–H groups in total. The molecule has 0 saturated heterocycles. The van der Waals surface area contributed by atoms with Gasteiger partial charge in [0.05, 0.1) is 36.7 Å². The van der Waals surface area contributed by atoms with Crippen LogP contribution < -0.4 is 41.4 Å². The molecule has 390 valence electrons. The Labute approximate surface area is 415 Å². The smallest absolute Gasteiger partial charge is 0.421 e. The Kier molecular flexibility index (Phi) is 18.2. The predicted molar refractivity (Wildman–Crippen MR) is 256 cm³/mol. The topological polar surface area (TPSA) is 240 Å². The van der Waals surface area contributed by atoms with Crippen LogP contribution in [-0.4, -0.2) is 87.2 Å². The summed E-state index contributed by atoms with van der Waals surface area (Å²) >= 11 is 0. The lowest BCUT2D eigenvalue weighted by Crippen LogP contribution is -2.48. The van der Waals surface area contributed by atoms with Gasteiger partial charge in [0.15, 0.2) is 0 Å². The first-order valence-electron chi connectivity index (χ1n) is 23.0. The van der Waals surface area contributed by atoms with Crippen LogP contribution in [0, 0.1) is 0 Å². The molecule has 0 unspecified atom stereocenters. The number of benzene rings is 3. The highest BCUT2D eigenvalue weighted by molar-refractivity contribution is 5.91. The van der Waals surface area contributed by atoms with Gasteiger partial charge < -0.3 is 51.2 Å². The van der Waals surface area contributed by atoms with Gasteiger partial charge in [-0.05, 0) is 67.6 Å². The number of methoxy groups -OCH3 is 2. The van der Waals surface area contributed by atoms with Crippen molar-refractivity contribution in [1.82, 2.24) is 30.6 Å². The zero-order valence-corrected chi connectivity index (χ0v) is 40.0. The van der Waals surface area contributed by atoms with Gasteiger partial charge >= 0.3 is 24.3 Å². The van der Waals surface area contributed by atoms with Gasteiger partial charge in [-0.25, -0.2) is 19.6 Å². The van der Waals surface area contributed by atoms with Gasteiger partial charge in [0.1, 0.15) is 40.9 Å². The number of carboxylic acids is 1. The summed E-state index contributed by atoms with van der Waals surface area (Å²) in [6.45, 7) is 2.84. The monoisotopic (exact) mass is 1020 g/mol. The zero-order chi connectivity index (χ0) is 52.9. The molecule has 7 rings (SSSR count). The number of ether oxygens (including phenoxy) is 3. The Morgan fingerprint density at radius 3 is 1.45 bits per heavy atom. The molecule has 0 spiro atoms. The summed E-state index contributed by atoms with van der Waals surface area (Å²) in [6, 6.07) is 16.2. The molecule has 0 bridgehead atoms. The third-order valence-electron chi connectivity index (χ3n) is 11.7. The first kappa shape index (κ1) is 54.4. The quantitative estimate of drug-likeness (QED) is 0.0360. The van der Waals surface area contributed by atoms with E-state index in [9.17, 15) is 45.5 Å². The first-order chi connectivity index (χ1) is 34.7. The second-order valence-electron chi connectivity index (χ2n) is 17.0. The van der Waals surface area contributed by atoms with E-state index in [0.29, 0.717) is 43.8 Å². The number of carbonyl (C=O) groups excluding carboxylic acids is 3. The number of rotatable bonds is 16. The van der Waals surface area contributed by atoms with Crippen LogP contribution in [0.5, 0.6) is 11.5 Å². The Hall–Kier alpha value is -7.92. The third kappa shape index (κ3) is 15.3. The number of halogens is 6. The van der Waals surface area contributed by atoms with E-state index in [0.717, 1.165) is 31.2 Å². The van der Waals surface area contributed by atoms with Crippen molar-refractivity contribution in [2.75, 3.05) is 35.5 Å². The molecule has 2 aliphatic carbocycles. The van der Waals surface area contributed by atoms with E-state index in [4.69, 9.17) is 19.3 Å². The van der Waals surface area contributed by atoms with Crippen molar-refractivity contribution in [2.24, 2.45) is 0 Å². The number of aromatic nitrogens is 4. The highest BCUT2D eigenvalue weighted by atomic mass is 19.4. The van der Waals surface area contributed by atoms with Gasteiger partial charge in [-0.3, -0.25) is 9.59 Å². The summed E-state index contributed by atoms with van der Waals surface area (Å²) in [5.74, 6) is -2.89. The van der Waals surface area contributed by atoms with Crippen molar-refractivity contribution < 1.29 is 64.8 Å². The lowest BCUT2D eigenvalue weighted by Gasteiger charge is -2.33. The number of amides is 2. The maximum absolute atomic E-state index is 13.8. The first-order valence-corrected chi connectivity index (χ1v) is 23.0. The molecule has 2 aliphatic rings. The standard InChI is InChI=1S/C28H30F3N5O4.C21H24F3N5O4/c1-17(37)33-21-10-6-7-11-22(21)34-25-20(28(29,30)31)15-32-27(36-25)35-23-13-12-19(14-24(23)39-2)26(38)40-16-18-8-4-3-5-9-18;1-11(30)26-14-5-3-4-6-15(14)27-18-13(21(22,23)24)10-25-20(29-18)28-16-8-7-12(19(31)32)9-17(16)33-2/h3-5,8-9,12-15,21-22H,6-7,10-11,16H2,1-2H3,(H,33,37)(H2,32,34,35,36);7-10,14-15H,3-6H2,1-2H3,(H,26,30)(H,31,32)(H2,25,27,28,29)/t21-,22-;14-,15-/m11/s1. The summed E-state index contributed by atoms with van der Waals surface area (Å²) in [5, 5.41) is 26.1. The van der Waals surface area contributed by atoms with E-state index >= 15 is 0 Å². The number of alkyl halides is 6. The molecule has 2 fully saturated rings. The molecule has 4 atom stereocenters. The van der Waals surface area contributed by atoms with Crippen molar-refractivity contribution in [3.8, 4) is 11.5 Å². The van der Waals surface area contributed by atoms with Crippen LogP contribution in [0.3, 0.4) is 0 Å². The molecule has 2 amide bonds. The number of esters is 1. The summed E-state index contributed by atoms with van der Waals surface area (Å²) in [5.41, 5.74) is -0.392. The third-order valence-corrected chi connectivity index (χ3v) is 11.7. The van der Waals surface area contributed by atoms with Gasteiger partial charge in [0.25, 0.3) is 0 Å². The molecule has 73 heavy (non-hydrogen) atoms. The maximum atomic E-state index is 13.8. The number of hydrogen-bond acceptors (Lipinski definition) is 15. The molecule has 18 nitrogen and oxygen atoms in total. The lowest BCUT2D eigenvalue weighted by molar-refractivity contribution is -0.138. The molecule has 2 aromatic heterocycles. The molecule has 2 saturated carbocycles. The minimum absolute atomic E-state index is 0.0191. The van der Waals surface area contributed by atoms with Gasteiger partial charge in [-0.1, -0.05) is 56.0 Å². The molecular weight excluding hydrogens is 971 g/mol. The molecular formula is C49H54F6N10O8. The van der Waals surface area contributed by atoms with Gasteiger partial charge in [-0.2, -0.15) is 36.3 Å². The van der Waals surface area contributed by atoms with Crippen molar-refractivity contribution in [1.29, 1.82) is 0 Å². The zero-order valence-electron chi connectivity index (χ0n) is 40.0. The number of aromatic carboxylic acids is 1. The maximum Gasteiger partial charge on any atom is 0.421 e. The van der Waals surface area contributed by atoms with Crippen LogP contribution in [0.1, 0.15) is 103 Å². The van der Waals surface area contributed by atoms with Crippen LogP contribution in [0.25, 0.3) is 0 Å². The highest BCUT2D eigenvalue weighted by Gasteiger charge is 2.39. The Morgan fingerprint density at radius 2 is 1.04 bits per heavy atom. The van der Waals surface area contributed by atoms with Crippen molar-refractivity contribution in [2.45, 2.75) is 108 Å². The van der Waals surface area contributed by atoms with Gasteiger partial charge in [0, 0.05) is 50.4 Å². The molecule has 0 radical (unpaired) electrons. The SMILES string of the molecule is COc1cc(C(=O)O)ccc1Nc1ncc(C(F)(F)F)c(N[C@@H]2CCCC[C@H]2NC(C)=O)n1.COc1cc(C(=O)OCc2ccccc2)ccc1Nc1ncc(C(F)(F)F)c(N[C@@H]2CCCC[C@H]2NC(C)=O)n1. The number of nitrogens with one attached hydrogen (secondary N) is 6. The summed E-state index contributed by atoms with van der Waals surface area (Å²) < 4.78 is 98.2. The molecule has 0 aliphatic heterocycles. The van der Waals surface area contributed by atoms with E-state index in [1.54, 1.807) is 0 Å². The number of anilines is 6. The average Bonchev–Trinajstić information content (AvgIpc) is 3.34. The second-order valence-corrected chi connectivity index (χ2v) is 17.0. The fraction of sp³-hybridized carbons (Fsp3) is 0.388. The van der Waals surface area contributed by atoms with Crippen molar-refractivity contribution in [3.05, 3.63) is 107 Å². The molecule has 2 heterocycles. The van der Waals surface area contributed by atoms with Gasteiger partial charge in [-0.15, -0.1) is 0 Å². The lowest BCUT2D eigenvalue weighted by atomic mass is 9.90. The normalized spacial score (nSPS) is 17.6. The number of carboxylic acid groups (broad SMARTS) is 1. The van der Waals surface area contributed by atoms with E-state index < -0.39 is 59.1 Å². The summed E-state index contributed by atoms with van der Waals surface area (Å²) in [7, 11) is 2.73. The van der Waals surface area contributed by atoms with Crippen molar-refractivity contribution >= 4 is 58.7 Å². The van der Waals surface area contributed by atoms with E-state index in [-0.39, 0.29) is 70.7 Å². The number of carbonyl (C=O) groups is 4. The predicted octanol–water partition coefficient (Wildman–Crippen LogP) is 9.27.